The Morgan fingerprint density at radius 1 is 1.25 bits per heavy atom. The van der Waals surface area contributed by atoms with Gasteiger partial charge in [0.15, 0.2) is 16.3 Å². The molecule has 1 heterocycles. The standard InChI is InChI=1S/C16H15N2O.Al/c1-2-10-19-14-11-13-6-3-4-7-15(13)16(12-14)18-9-5-8-17-18;/h3-9,11H,2,10H2,1H3;. The molecule has 3 rings (SSSR count). The van der Waals surface area contributed by atoms with E-state index in [-0.39, 0.29) is 0 Å². The Balaban J connectivity index is 2.26. The molecule has 0 amide bonds. The maximum Gasteiger partial charge on any atom is 0.185 e. The first-order valence-electron chi connectivity index (χ1n) is 6.75. The van der Waals surface area contributed by atoms with E-state index in [9.17, 15) is 0 Å². The van der Waals surface area contributed by atoms with E-state index in [1.54, 1.807) is 6.20 Å². The van der Waals surface area contributed by atoms with Crippen molar-refractivity contribution >= 4 is 31.5 Å². The van der Waals surface area contributed by atoms with Gasteiger partial charge in [-0.05, 0) is 23.9 Å². The second kappa shape index (κ2) is 5.70. The molecule has 0 aliphatic rings. The van der Waals surface area contributed by atoms with E-state index in [0.717, 1.165) is 34.3 Å². The average Bonchev–Trinajstić information content (AvgIpc) is 2.99. The predicted octanol–water partition coefficient (Wildman–Crippen LogP) is 2.61. The minimum Gasteiger partial charge on any atom is -0.495 e. The Morgan fingerprint density at radius 2 is 2.10 bits per heavy atom. The fourth-order valence-electron chi connectivity index (χ4n) is 2.30. The van der Waals surface area contributed by atoms with Crippen molar-refractivity contribution in [1.82, 2.24) is 9.78 Å². The molecule has 0 N–H and O–H groups in total. The highest BCUT2D eigenvalue weighted by molar-refractivity contribution is 6.38. The van der Waals surface area contributed by atoms with Crippen LogP contribution in [-0.2, 0) is 0 Å². The molecule has 4 heteroatoms. The molecule has 0 fully saturated rings. The molecular weight excluding hydrogens is 263 g/mol. The zero-order valence-electron chi connectivity index (χ0n) is 11.4. The molecule has 0 saturated carbocycles. The van der Waals surface area contributed by atoms with Crippen molar-refractivity contribution in [1.29, 1.82) is 0 Å². The quantitative estimate of drug-likeness (QED) is 0.686. The molecule has 3 nitrogen and oxygen atoms in total. The van der Waals surface area contributed by atoms with Crippen LogP contribution in [-0.4, -0.2) is 32.7 Å². The van der Waals surface area contributed by atoms with Gasteiger partial charge < -0.3 is 4.74 Å². The van der Waals surface area contributed by atoms with Gasteiger partial charge in [-0.25, -0.2) is 4.68 Å². The maximum atomic E-state index is 5.87. The minimum absolute atomic E-state index is 0.721. The van der Waals surface area contributed by atoms with Crippen molar-refractivity contribution in [3.05, 3.63) is 48.8 Å². The van der Waals surface area contributed by atoms with E-state index in [0.29, 0.717) is 0 Å². The molecule has 1 aromatic heterocycles. The third-order valence-corrected chi connectivity index (χ3v) is 3.78. The SMILES string of the molecule is CCCOc1cc2ccccc2c(-n2cccn2)[c]1[Al]. The molecule has 0 unspecified atom stereocenters. The summed E-state index contributed by atoms with van der Waals surface area (Å²) in [5.74, 6) is 0.904. The van der Waals surface area contributed by atoms with Gasteiger partial charge >= 0.3 is 0 Å². The van der Waals surface area contributed by atoms with E-state index in [4.69, 9.17) is 4.74 Å². The molecule has 3 aromatic rings. The summed E-state index contributed by atoms with van der Waals surface area (Å²) in [6.45, 7) is 2.83. The molecular formula is C16H15AlN2O. The summed E-state index contributed by atoms with van der Waals surface area (Å²) in [7, 11) is 0. The lowest BCUT2D eigenvalue weighted by molar-refractivity contribution is 0.320. The van der Waals surface area contributed by atoms with Gasteiger partial charge in [-0.2, -0.15) is 5.10 Å². The van der Waals surface area contributed by atoms with Crippen molar-refractivity contribution < 1.29 is 4.74 Å². The van der Waals surface area contributed by atoms with E-state index in [1.807, 2.05) is 29.1 Å². The lowest BCUT2D eigenvalue weighted by Gasteiger charge is -2.17. The molecule has 0 atom stereocenters. The van der Waals surface area contributed by atoms with Crippen LogP contribution in [0.2, 0.25) is 0 Å². The smallest absolute Gasteiger partial charge is 0.185 e. The van der Waals surface area contributed by atoms with Crippen LogP contribution >= 0.6 is 0 Å². The van der Waals surface area contributed by atoms with Gasteiger partial charge in [-0.15, -0.1) is 0 Å². The van der Waals surface area contributed by atoms with Crippen molar-refractivity contribution in [2.24, 2.45) is 0 Å². The Bertz CT molecular complexity index is 723. The maximum absolute atomic E-state index is 5.87. The monoisotopic (exact) mass is 278 g/mol. The van der Waals surface area contributed by atoms with Crippen molar-refractivity contribution in [2.45, 2.75) is 13.3 Å². The van der Waals surface area contributed by atoms with Gasteiger partial charge in [0.1, 0.15) is 5.75 Å². The first-order chi connectivity index (χ1) is 9.81. The number of benzene rings is 2. The van der Waals surface area contributed by atoms with Crippen LogP contribution in [0.5, 0.6) is 5.75 Å². The fraction of sp³-hybridized carbons (Fsp3) is 0.188. The number of fused-ring (bicyclic) bond motifs is 1. The summed E-state index contributed by atoms with van der Waals surface area (Å²) >= 11 is 2.79. The molecule has 0 saturated heterocycles. The topological polar surface area (TPSA) is 27.1 Å². The Hall–Kier alpha value is -1.76. The molecule has 2 radical (unpaired) electrons. The molecule has 0 aliphatic heterocycles. The Labute approximate surface area is 126 Å². The summed E-state index contributed by atoms with van der Waals surface area (Å²) in [4.78, 5) is 0. The first-order valence-corrected chi connectivity index (χ1v) is 7.33. The molecule has 0 bridgehead atoms. The zero-order chi connectivity index (χ0) is 13.9. The van der Waals surface area contributed by atoms with Crippen molar-refractivity contribution in [3.8, 4) is 11.4 Å². The number of rotatable bonds is 4. The molecule has 20 heavy (non-hydrogen) atoms. The summed E-state index contributed by atoms with van der Waals surface area (Å²) < 4.78 is 8.81. The van der Waals surface area contributed by atoms with E-state index in [2.05, 4.69) is 46.5 Å². The largest absolute Gasteiger partial charge is 0.495 e. The molecule has 0 spiro atoms. The molecule has 2 aromatic carbocycles. The van der Waals surface area contributed by atoms with Gasteiger partial charge in [0.2, 0.25) is 0 Å². The van der Waals surface area contributed by atoms with Crippen molar-refractivity contribution in [2.75, 3.05) is 6.61 Å². The van der Waals surface area contributed by atoms with Gasteiger partial charge in [-0.1, -0.05) is 35.6 Å². The number of aromatic nitrogens is 2. The lowest BCUT2D eigenvalue weighted by atomic mass is 10.1. The average molecular weight is 278 g/mol. The van der Waals surface area contributed by atoms with E-state index >= 15 is 0 Å². The second-order valence-electron chi connectivity index (χ2n) is 4.66. The van der Waals surface area contributed by atoms with Gasteiger partial charge in [0.05, 0.1) is 12.3 Å². The number of hydrogen-bond donors (Lipinski definition) is 0. The summed E-state index contributed by atoms with van der Waals surface area (Å²) in [5.41, 5.74) is 1.06. The number of ether oxygens (including phenoxy) is 1. The minimum atomic E-state index is 0.721. The lowest BCUT2D eigenvalue weighted by Crippen LogP contribution is -2.17. The van der Waals surface area contributed by atoms with E-state index < -0.39 is 0 Å². The van der Waals surface area contributed by atoms with Crippen LogP contribution < -0.4 is 9.16 Å². The summed E-state index contributed by atoms with van der Waals surface area (Å²) in [5, 5.41) is 6.70. The Kier molecular flexibility index (Phi) is 3.77. The van der Waals surface area contributed by atoms with Crippen LogP contribution in [0.25, 0.3) is 16.5 Å². The van der Waals surface area contributed by atoms with E-state index in [1.165, 1.54) is 5.39 Å². The van der Waals surface area contributed by atoms with Gasteiger partial charge in [-0.3, -0.25) is 0 Å². The Morgan fingerprint density at radius 3 is 2.85 bits per heavy atom. The first kappa shape index (κ1) is 13.2. The summed E-state index contributed by atoms with van der Waals surface area (Å²) in [6.07, 6.45) is 4.74. The highest BCUT2D eigenvalue weighted by Gasteiger charge is 2.11. The fourth-order valence-corrected chi connectivity index (χ4v) is 2.75. The van der Waals surface area contributed by atoms with Crippen LogP contribution in [0.1, 0.15) is 13.3 Å². The number of hydrogen-bond acceptors (Lipinski definition) is 2. The number of nitrogens with zero attached hydrogens (tertiary/aromatic N) is 2. The molecule has 98 valence electrons. The second-order valence-corrected chi connectivity index (χ2v) is 5.23. The summed E-state index contributed by atoms with van der Waals surface area (Å²) in [6, 6.07) is 12.3. The zero-order valence-corrected chi connectivity index (χ0v) is 12.6. The molecule has 0 aliphatic carbocycles. The third-order valence-electron chi connectivity index (χ3n) is 3.22. The highest BCUT2D eigenvalue weighted by atomic mass is 27.0. The van der Waals surface area contributed by atoms with Crippen LogP contribution in [0.15, 0.2) is 48.8 Å². The van der Waals surface area contributed by atoms with Gasteiger partial charge in [0.25, 0.3) is 0 Å². The van der Waals surface area contributed by atoms with Crippen LogP contribution in [0, 0.1) is 0 Å². The highest BCUT2D eigenvalue weighted by Crippen LogP contribution is 2.25. The van der Waals surface area contributed by atoms with Crippen LogP contribution in [0.3, 0.4) is 0 Å². The predicted molar refractivity (Wildman–Crippen MR) is 82.2 cm³/mol. The van der Waals surface area contributed by atoms with Crippen LogP contribution in [0.4, 0.5) is 0 Å². The normalized spacial score (nSPS) is 10.8. The third kappa shape index (κ3) is 2.33. The van der Waals surface area contributed by atoms with Crippen molar-refractivity contribution in [3.63, 3.8) is 0 Å². The van der Waals surface area contributed by atoms with Gasteiger partial charge in [0, 0.05) is 17.8 Å².